The highest BCUT2D eigenvalue weighted by atomic mass is 16.2. The lowest BCUT2D eigenvalue weighted by molar-refractivity contribution is -0.132. The number of likely N-dealkylation sites (tertiary alicyclic amines) is 1. The topological polar surface area (TPSA) is 58.4 Å². The van der Waals surface area contributed by atoms with Gasteiger partial charge >= 0.3 is 0 Å². The number of hydrogen-bond donors (Lipinski definition) is 2. The van der Waals surface area contributed by atoms with Gasteiger partial charge in [-0.2, -0.15) is 0 Å². The maximum absolute atomic E-state index is 13.2. The summed E-state index contributed by atoms with van der Waals surface area (Å²) in [7, 11) is 0. The molecule has 1 aromatic carbocycles. The van der Waals surface area contributed by atoms with E-state index in [0.29, 0.717) is 11.8 Å². The monoisotopic (exact) mass is 429 g/mol. The third-order valence-corrected chi connectivity index (χ3v) is 6.87. The van der Waals surface area contributed by atoms with E-state index in [9.17, 15) is 4.79 Å². The van der Waals surface area contributed by atoms with E-state index in [1.807, 2.05) is 19.9 Å². The van der Waals surface area contributed by atoms with Crippen LogP contribution in [-0.2, 0) is 11.2 Å². The van der Waals surface area contributed by atoms with Gasteiger partial charge in [-0.3, -0.25) is 9.69 Å². The molecular weight excluding hydrogens is 382 g/mol. The summed E-state index contributed by atoms with van der Waals surface area (Å²) in [5.74, 6) is 2.01. The Hall–Kier alpha value is -1.39. The summed E-state index contributed by atoms with van der Waals surface area (Å²) >= 11 is 0. The van der Waals surface area contributed by atoms with Gasteiger partial charge in [0.2, 0.25) is 5.91 Å². The average molecular weight is 430 g/mol. The van der Waals surface area contributed by atoms with Gasteiger partial charge in [0.1, 0.15) is 0 Å². The highest BCUT2D eigenvalue weighted by Crippen LogP contribution is 2.39. The Bertz CT molecular complexity index is 654. The van der Waals surface area contributed by atoms with Crippen LogP contribution in [0.1, 0.15) is 79.2 Å². The van der Waals surface area contributed by atoms with Crippen LogP contribution in [-0.4, -0.2) is 41.5 Å². The highest BCUT2D eigenvalue weighted by molar-refractivity contribution is 5.82. The van der Waals surface area contributed by atoms with Crippen molar-refractivity contribution in [2.45, 2.75) is 97.7 Å². The Kier molecular flexibility index (Phi) is 10.0. The first kappa shape index (κ1) is 25.9. The van der Waals surface area contributed by atoms with Gasteiger partial charge in [-0.1, -0.05) is 70.4 Å². The molecular formula is C27H47N3O. The van der Waals surface area contributed by atoms with Crippen molar-refractivity contribution in [2.75, 3.05) is 13.1 Å². The lowest BCUT2D eigenvalue weighted by Crippen LogP contribution is -2.58. The number of piperidine rings is 1. The van der Waals surface area contributed by atoms with E-state index in [1.165, 1.54) is 31.2 Å². The predicted molar refractivity (Wildman–Crippen MR) is 132 cm³/mol. The molecule has 1 aliphatic carbocycles. The van der Waals surface area contributed by atoms with Crippen molar-refractivity contribution in [3.63, 3.8) is 0 Å². The molecule has 2 aliphatic rings. The summed E-state index contributed by atoms with van der Waals surface area (Å²) < 4.78 is 0. The summed E-state index contributed by atoms with van der Waals surface area (Å²) in [4.78, 5) is 15.6. The van der Waals surface area contributed by atoms with Crippen LogP contribution in [0.15, 0.2) is 30.3 Å². The lowest BCUT2D eigenvalue weighted by atomic mass is 9.72. The largest absolute Gasteiger partial charge is 0.350 e. The quantitative estimate of drug-likeness (QED) is 0.668. The molecule has 0 bridgehead atoms. The van der Waals surface area contributed by atoms with E-state index in [-0.39, 0.29) is 23.5 Å². The Labute approximate surface area is 191 Å². The van der Waals surface area contributed by atoms with E-state index in [4.69, 9.17) is 5.73 Å². The zero-order valence-electron chi connectivity index (χ0n) is 20.9. The van der Waals surface area contributed by atoms with E-state index in [2.05, 4.69) is 62.2 Å². The third-order valence-electron chi connectivity index (χ3n) is 6.87. The fourth-order valence-electron chi connectivity index (χ4n) is 5.22. The molecule has 4 heteroatoms. The molecule has 5 atom stereocenters. The molecule has 1 heterocycles. The summed E-state index contributed by atoms with van der Waals surface area (Å²) in [6.07, 6.45) is 7.18. The van der Waals surface area contributed by atoms with Crippen LogP contribution in [0.4, 0.5) is 0 Å². The second kappa shape index (κ2) is 12.0. The molecule has 31 heavy (non-hydrogen) atoms. The number of amides is 1. The smallest absolute Gasteiger partial charge is 0.237 e. The fourth-order valence-corrected chi connectivity index (χ4v) is 5.22. The van der Waals surface area contributed by atoms with Crippen molar-refractivity contribution >= 4 is 5.91 Å². The standard InChI is InChI=1S/C25H41N3O.C2H6/c1-18(22(26)14-19-10-6-5-7-11-19)16-28-17-21-13-9-8-12-20(21)15-23(28)24(29)27-25(2,3)4;1-2/h5-7,10-11,18,20-23H,8-9,12-17,26H2,1-4H3,(H,27,29);1-2H3. The van der Waals surface area contributed by atoms with Gasteiger partial charge in [0, 0.05) is 24.7 Å². The molecule has 3 N–H and O–H groups in total. The molecule has 1 saturated carbocycles. The first-order chi connectivity index (χ1) is 14.7. The van der Waals surface area contributed by atoms with Crippen LogP contribution < -0.4 is 11.1 Å². The first-order valence-electron chi connectivity index (χ1n) is 12.6. The van der Waals surface area contributed by atoms with E-state index < -0.39 is 0 Å². The number of nitrogens with one attached hydrogen (secondary N) is 1. The summed E-state index contributed by atoms with van der Waals surface area (Å²) in [6, 6.07) is 10.6. The van der Waals surface area contributed by atoms with Crippen molar-refractivity contribution in [3.8, 4) is 0 Å². The lowest BCUT2D eigenvalue weighted by Gasteiger charge is -2.47. The molecule has 4 nitrogen and oxygen atoms in total. The number of hydrogen-bond acceptors (Lipinski definition) is 3. The Morgan fingerprint density at radius 3 is 2.35 bits per heavy atom. The van der Waals surface area contributed by atoms with E-state index in [0.717, 1.165) is 31.8 Å². The SMILES string of the molecule is CC.CC(CN1CC2CCCCC2CC1C(=O)NC(C)(C)C)C(N)Cc1ccccc1. The van der Waals surface area contributed by atoms with Gasteiger partial charge in [-0.05, 0) is 63.4 Å². The number of fused-ring (bicyclic) bond motifs is 1. The zero-order chi connectivity index (χ0) is 23.0. The molecule has 0 aromatic heterocycles. The van der Waals surface area contributed by atoms with Crippen molar-refractivity contribution in [2.24, 2.45) is 23.5 Å². The van der Waals surface area contributed by atoms with Gasteiger partial charge < -0.3 is 11.1 Å². The molecule has 1 amide bonds. The third kappa shape index (κ3) is 7.91. The maximum atomic E-state index is 13.2. The van der Waals surface area contributed by atoms with Gasteiger partial charge in [0.15, 0.2) is 0 Å². The molecule has 1 saturated heterocycles. The van der Waals surface area contributed by atoms with E-state index in [1.54, 1.807) is 0 Å². The van der Waals surface area contributed by atoms with Crippen LogP contribution in [0.3, 0.4) is 0 Å². The van der Waals surface area contributed by atoms with Crippen molar-refractivity contribution in [1.29, 1.82) is 0 Å². The van der Waals surface area contributed by atoms with Crippen LogP contribution in [0, 0.1) is 17.8 Å². The molecule has 0 radical (unpaired) electrons. The van der Waals surface area contributed by atoms with Crippen LogP contribution in [0.2, 0.25) is 0 Å². The average Bonchev–Trinajstić information content (AvgIpc) is 2.74. The normalized spacial score (nSPS) is 26.1. The zero-order valence-corrected chi connectivity index (χ0v) is 20.9. The molecule has 3 rings (SSSR count). The van der Waals surface area contributed by atoms with Crippen molar-refractivity contribution < 1.29 is 4.79 Å². The maximum Gasteiger partial charge on any atom is 0.237 e. The van der Waals surface area contributed by atoms with Gasteiger partial charge in [0.25, 0.3) is 0 Å². The molecule has 2 fully saturated rings. The Morgan fingerprint density at radius 1 is 1.13 bits per heavy atom. The summed E-state index contributed by atoms with van der Waals surface area (Å²) in [5.41, 5.74) is 7.69. The molecule has 1 aromatic rings. The summed E-state index contributed by atoms with van der Waals surface area (Å²) in [6.45, 7) is 14.4. The number of carbonyl (C=O) groups is 1. The number of carbonyl (C=O) groups excluding carboxylic acids is 1. The number of nitrogens with two attached hydrogens (primary N) is 1. The van der Waals surface area contributed by atoms with Crippen molar-refractivity contribution in [3.05, 3.63) is 35.9 Å². The second-order valence-corrected chi connectivity index (χ2v) is 10.6. The van der Waals surface area contributed by atoms with Crippen LogP contribution >= 0.6 is 0 Å². The van der Waals surface area contributed by atoms with Gasteiger partial charge in [-0.25, -0.2) is 0 Å². The van der Waals surface area contributed by atoms with Gasteiger partial charge in [-0.15, -0.1) is 0 Å². The minimum absolute atomic E-state index is 0.0139. The minimum Gasteiger partial charge on any atom is -0.350 e. The van der Waals surface area contributed by atoms with Crippen molar-refractivity contribution in [1.82, 2.24) is 10.2 Å². The number of rotatable bonds is 6. The molecule has 176 valence electrons. The van der Waals surface area contributed by atoms with Crippen LogP contribution in [0.5, 0.6) is 0 Å². The van der Waals surface area contributed by atoms with Crippen LogP contribution in [0.25, 0.3) is 0 Å². The number of nitrogens with zero attached hydrogens (tertiary/aromatic N) is 1. The van der Waals surface area contributed by atoms with E-state index >= 15 is 0 Å². The minimum atomic E-state index is -0.193. The highest BCUT2D eigenvalue weighted by Gasteiger charge is 2.41. The predicted octanol–water partition coefficient (Wildman–Crippen LogP) is 5.01. The Balaban J connectivity index is 0.00000166. The molecule has 5 unspecified atom stereocenters. The first-order valence-corrected chi connectivity index (χ1v) is 12.6. The van der Waals surface area contributed by atoms with Gasteiger partial charge in [0.05, 0.1) is 6.04 Å². The summed E-state index contributed by atoms with van der Waals surface area (Å²) in [5, 5.41) is 3.24. The Morgan fingerprint density at radius 2 is 1.74 bits per heavy atom. The molecule has 1 aliphatic heterocycles. The number of benzene rings is 1. The molecule has 0 spiro atoms. The second-order valence-electron chi connectivity index (χ2n) is 10.6. The fraction of sp³-hybridized carbons (Fsp3) is 0.741.